The van der Waals surface area contributed by atoms with Gasteiger partial charge >= 0.3 is 5.97 Å². The summed E-state index contributed by atoms with van der Waals surface area (Å²) in [7, 11) is 1.57. The first-order valence-corrected chi connectivity index (χ1v) is 13.3. The van der Waals surface area contributed by atoms with Gasteiger partial charge in [-0.05, 0) is 49.2 Å². The van der Waals surface area contributed by atoms with Gasteiger partial charge in [-0.15, -0.1) is 23.1 Å². The van der Waals surface area contributed by atoms with Crippen LogP contribution in [0, 0.1) is 11.7 Å². The van der Waals surface area contributed by atoms with E-state index in [1.165, 1.54) is 6.07 Å². The molecular weight excluding hydrogens is 513 g/mol. The SMILES string of the molecule is C=N/C(C)=C(\SCNc1ncc(-c2cccs2)cc1C(=O)O)C(C)C.COCCOc1ccccc1F. The number of thiophene rings is 1. The third-order valence-electron chi connectivity index (χ3n) is 4.89. The molecule has 0 saturated heterocycles. The van der Waals surface area contributed by atoms with Crippen molar-refractivity contribution >= 4 is 41.6 Å². The lowest BCUT2D eigenvalue weighted by atomic mass is 10.1. The van der Waals surface area contributed by atoms with Crippen LogP contribution in [0.1, 0.15) is 31.1 Å². The highest BCUT2D eigenvalue weighted by molar-refractivity contribution is 8.03. The van der Waals surface area contributed by atoms with Gasteiger partial charge in [-0.2, -0.15) is 0 Å². The Balaban J connectivity index is 0.000000335. The Morgan fingerprint density at radius 2 is 2.03 bits per heavy atom. The summed E-state index contributed by atoms with van der Waals surface area (Å²) >= 11 is 3.14. The molecule has 2 aromatic heterocycles. The van der Waals surface area contributed by atoms with Gasteiger partial charge in [-0.3, -0.25) is 4.99 Å². The first-order chi connectivity index (χ1) is 17.8. The van der Waals surface area contributed by atoms with Crippen LogP contribution in [0.25, 0.3) is 10.4 Å². The third kappa shape index (κ3) is 9.64. The summed E-state index contributed by atoms with van der Waals surface area (Å²) in [4.78, 5) is 22.0. The zero-order valence-electron chi connectivity index (χ0n) is 21.4. The van der Waals surface area contributed by atoms with Crippen LogP contribution >= 0.6 is 23.1 Å². The average molecular weight is 546 g/mol. The Morgan fingerprint density at radius 3 is 2.62 bits per heavy atom. The molecule has 10 heteroatoms. The molecule has 0 unspecified atom stereocenters. The number of allylic oxidation sites excluding steroid dienone is 2. The number of aromatic nitrogens is 1. The van der Waals surface area contributed by atoms with E-state index in [4.69, 9.17) is 9.47 Å². The molecule has 0 radical (unpaired) electrons. The Kier molecular flexibility index (Phi) is 12.8. The molecule has 198 valence electrons. The molecule has 2 N–H and O–H groups in total. The van der Waals surface area contributed by atoms with E-state index in [9.17, 15) is 14.3 Å². The second kappa shape index (κ2) is 15.8. The Bertz CT molecular complexity index is 1180. The number of carboxylic acid groups (broad SMARTS) is 1. The molecule has 7 nitrogen and oxygen atoms in total. The number of para-hydroxylation sites is 1. The molecule has 0 aliphatic carbocycles. The van der Waals surface area contributed by atoms with Crippen molar-refractivity contribution < 1.29 is 23.8 Å². The second-order valence-electron chi connectivity index (χ2n) is 7.90. The summed E-state index contributed by atoms with van der Waals surface area (Å²) in [6.07, 6.45) is 1.70. The van der Waals surface area contributed by atoms with E-state index in [0.29, 0.717) is 30.8 Å². The van der Waals surface area contributed by atoms with Crippen molar-refractivity contribution in [1.82, 2.24) is 4.98 Å². The lowest BCUT2D eigenvalue weighted by Crippen LogP contribution is -2.09. The summed E-state index contributed by atoms with van der Waals surface area (Å²) in [6.45, 7) is 10.5. The van der Waals surface area contributed by atoms with Crippen LogP contribution in [0.3, 0.4) is 0 Å². The van der Waals surface area contributed by atoms with E-state index in [2.05, 4.69) is 35.9 Å². The van der Waals surface area contributed by atoms with Gasteiger partial charge in [-0.1, -0.05) is 32.0 Å². The predicted octanol–water partition coefficient (Wildman–Crippen LogP) is 7.05. The molecule has 0 amide bonds. The van der Waals surface area contributed by atoms with Gasteiger partial charge in [0.15, 0.2) is 11.6 Å². The monoisotopic (exact) mass is 545 g/mol. The maximum Gasteiger partial charge on any atom is 0.339 e. The number of benzene rings is 1. The number of thioether (sulfide) groups is 1. The van der Waals surface area contributed by atoms with E-state index in [-0.39, 0.29) is 17.1 Å². The predicted molar refractivity (Wildman–Crippen MR) is 151 cm³/mol. The fourth-order valence-corrected chi connectivity index (χ4v) is 4.77. The minimum atomic E-state index is -0.998. The van der Waals surface area contributed by atoms with Crippen LogP contribution in [-0.2, 0) is 4.74 Å². The Hall–Kier alpha value is -3.21. The van der Waals surface area contributed by atoms with Crippen LogP contribution in [0.5, 0.6) is 5.75 Å². The van der Waals surface area contributed by atoms with E-state index in [1.807, 2.05) is 24.4 Å². The second-order valence-corrected chi connectivity index (χ2v) is 9.87. The number of aliphatic imine (C=N–C) groups is 1. The van der Waals surface area contributed by atoms with Crippen LogP contribution in [0.4, 0.5) is 10.2 Å². The van der Waals surface area contributed by atoms with E-state index < -0.39 is 5.97 Å². The molecule has 3 aromatic rings. The van der Waals surface area contributed by atoms with Crippen LogP contribution in [-0.4, -0.2) is 49.0 Å². The van der Waals surface area contributed by atoms with Crippen molar-refractivity contribution in [3.8, 4) is 16.2 Å². The van der Waals surface area contributed by atoms with Crippen molar-refractivity contribution in [2.45, 2.75) is 20.8 Å². The van der Waals surface area contributed by atoms with Crippen molar-refractivity contribution in [2.75, 3.05) is 31.5 Å². The van der Waals surface area contributed by atoms with Gasteiger partial charge in [0.05, 0.1) is 12.5 Å². The van der Waals surface area contributed by atoms with Crippen LogP contribution in [0.15, 0.2) is 69.6 Å². The number of nitrogens with zero attached hydrogens (tertiary/aromatic N) is 2. The van der Waals surface area contributed by atoms with Gasteiger partial charge in [0, 0.05) is 34.3 Å². The first-order valence-electron chi connectivity index (χ1n) is 11.5. The molecule has 0 bridgehead atoms. The van der Waals surface area contributed by atoms with Gasteiger partial charge < -0.3 is 19.9 Å². The number of pyridine rings is 1. The number of ether oxygens (including phenoxy) is 2. The average Bonchev–Trinajstić information content (AvgIpc) is 3.43. The quantitative estimate of drug-likeness (QED) is 0.143. The number of rotatable bonds is 12. The van der Waals surface area contributed by atoms with Gasteiger partial charge in [0.25, 0.3) is 0 Å². The van der Waals surface area contributed by atoms with Gasteiger partial charge in [-0.25, -0.2) is 14.2 Å². The summed E-state index contributed by atoms with van der Waals surface area (Å²) in [5, 5.41) is 14.6. The highest BCUT2D eigenvalue weighted by Gasteiger charge is 2.15. The molecule has 2 heterocycles. The number of aromatic carboxylic acids is 1. The topological polar surface area (TPSA) is 93.0 Å². The lowest BCUT2D eigenvalue weighted by molar-refractivity contribution is 0.0697. The summed E-state index contributed by atoms with van der Waals surface area (Å²) in [5.74, 6) is 0.134. The molecule has 3 rings (SSSR count). The fraction of sp³-hybridized carbons (Fsp3) is 0.296. The highest BCUT2D eigenvalue weighted by Crippen LogP contribution is 2.30. The van der Waals surface area contributed by atoms with Crippen molar-refractivity contribution in [2.24, 2.45) is 10.9 Å². The number of methoxy groups -OCH3 is 1. The smallest absolute Gasteiger partial charge is 0.339 e. The van der Waals surface area contributed by atoms with Gasteiger partial charge in [0.1, 0.15) is 18.0 Å². The number of carboxylic acids is 1. The molecule has 37 heavy (non-hydrogen) atoms. The molecule has 0 saturated carbocycles. The highest BCUT2D eigenvalue weighted by atomic mass is 32.2. The van der Waals surface area contributed by atoms with E-state index in [0.717, 1.165) is 21.0 Å². The van der Waals surface area contributed by atoms with Gasteiger partial charge in [0.2, 0.25) is 0 Å². The molecule has 0 fully saturated rings. The number of hydrogen-bond acceptors (Lipinski definition) is 8. The number of halogens is 1. The first kappa shape index (κ1) is 30.0. The standard InChI is InChI=1S/C18H21N3O2S2.C9H11FO2/c1-11(2)16(12(3)19-4)25-10-21-17-14(18(22)23)8-13(9-20-17)15-6-5-7-24-15;1-11-6-7-12-9-5-3-2-4-8(9)10/h5-9,11H,4,10H2,1-3H3,(H,20,21)(H,22,23);2-5H,6-7H2,1H3/b16-12-;. The van der Waals surface area contributed by atoms with Crippen molar-refractivity contribution in [3.63, 3.8) is 0 Å². The molecule has 0 spiro atoms. The summed E-state index contributed by atoms with van der Waals surface area (Å²) < 4.78 is 22.7. The summed E-state index contributed by atoms with van der Waals surface area (Å²) in [6, 6.07) is 11.8. The minimum Gasteiger partial charge on any atom is -0.488 e. The number of hydrogen-bond donors (Lipinski definition) is 2. The fourth-order valence-electron chi connectivity index (χ4n) is 3.09. The van der Waals surface area contributed by atoms with E-state index >= 15 is 0 Å². The third-order valence-corrected chi connectivity index (χ3v) is 7.18. The maximum atomic E-state index is 12.9. The maximum absolute atomic E-state index is 12.9. The lowest BCUT2D eigenvalue weighted by Gasteiger charge is -2.14. The molecule has 0 aliphatic rings. The minimum absolute atomic E-state index is 0.167. The van der Waals surface area contributed by atoms with Crippen LogP contribution < -0.4 is 10.1 Å². The largest absolute Gasteiger partial charge is 0.488 e. The summed E-state index contributed by atoms with van der Waals surface area (Å²) in [5.41, 5.74) is 1.86. The Morgan fingerprint density at radius 1 is 1.27 bits per heavy atom. The van der Waals surface area contributed by atoms with Crippen LogP contribution in [0.2, 0.25) is 0 Å². The molecular formula is C27H32FN3O4S2. The number of carbonyl (C=O) groups is 1. The van der Waals surface area contributed by atoms with E-state index in [1.54, 1.807) is 60.7 Å². The molecule has 1 aromatic carbocycles. The number of anilines is 1. The Labute approximate surface area is 225 Å². The number of nitrogens with one attached hydrogen (secondary N) is 1. The van der Waals surface area contributed by atoms with Crippen molar-refractivity contribution in [1.29, 1.82) is 0 Å². The zero-order chi connectivity index (χ0) is 27.2. The molecule has 0 atom stereocenters. The molecule has 0 aliphatic heterocycles. The zero-order valence-corrected chi connectivity index (χ0v) is 23.0. The van der Waals surface area contributed by atoms with Crippen molar-refractivity contribution in [3.05, 3.63) is 76.0 Å². The normalized spacial score (nSPS) is 11.3.